The van der Waals surface area contributed by atoms with Crippen molar-refractivity contribution in [2.45, 2.75) is 13.5 Å². The van der Waals surface area contributed by atoms with Gasteiger partial charge in [0, 0.05) is 24.2 Å². The Kier molecular flexibility index (Phi) is 4.81. The molecule has 0 saturated carbocycles. The molecule has 0 aliphatic heterocycles. The fourth-order valence-electron chi connectivity index (χ4n) is 2.07. The van der Waals surface area contributed by atoms with Gasteiger partial charge in [-0.3, -0.25) is 4.98 Å². The van der Waals surface area contributed by atoms with Gasteiger partial charge >= 0.3 is 5.97 Å². The highest BCUT2D eigenvalue weighted by Crippen LogP contribution is 2.16. The molecule has 0 amide bonds. The molecule has 7 nitrogen and oxygen atoms in total. The summed E-state index contributed by atoms with van der Waals surface area (Å²) in [6, 6.07) is 8.89. The van der Waals surface area contributed by atoms with E-state index in [0.717, 1.165) is 11.3 Å². The van der Waals surface area contributed by atoms with E-state index in [9.17, 15) is 4.79 Å². The molecule has 3 heterocycles. The first kappa shape index (κ1) is 15.7. The van der Waals surface area contributed by atoms with Crippen molar-refractivity contribution >= 4 is 11.9 Å². The number of nitrogens with one attached hydrogen (secondary N) is 1. The van der Waals surface area contributed by atoms with E-state index >= 15 is 0 Å². The largest absolute Gasteiger partial charge is 0.460 e. The third kappa shape index (κ3) is 3.75. The van der Waals surface area contributed by atoms with Gasteiger partial charge in [-0.2, -0.15) is 0 Å². The Morgan fingerprint density at radius 1 is 1.25 bits per heavy atom. The monoisotopic (exact) mass is 324 g/mol. The van der Waals surface area contributed by atoms with Gasteiger partial charge in [0.1, 0.15) is 5.76 Å². The number of anilines is 1. The van der Waals surface area contributed by atoms with Crippen LogP contribution < -0.4 is 5.32 Å². The summed E-state index contributed by atoms with van der Waals surface area (Å²) in [5.41, 5.74) is 1.68. The number of aromatic nitrogens is 3. The van der Waals surface area contributed by atoms with E-state index in [1.165, 1.54) is 0 Å². The molecule has 3 aromatic heterocycles. The standard InChI is InChI=1S/C17H16N4O3/c1-2-23-16(22)15-6-5-13(24-15)11-20-17-19-9-7-14(21-17)12-4-3-8-18-10-12/h3-10H,2,11H2,1H3,(H,19,20,21). The maximum Gasteiger partial charge on any atom is 0.374 e. The lowest BCUT2D eigenvalue weighted by Gasteiger charge is -2.05. The second kappa shape index (κ2) is 7.36. The SMILES string of the molecule is CCOC(=O)c1ccc(CNc2nccc(-c3cccnc3)n2)o1. The summed E-state index contributed by atoms with van der Waals surface area (Å²) in [4.78, 5) is 24.3. The summed E-state index contributed by atoms with van der Waals surface area (Å²) in [5, 5.41) is 3.07. The molecular weight excluding hydrogens is 308 g/mol. The first-order valence-electron chi connectivity index (χ1n) is 7.49. The summed E-state index contributed by atoms with van der Waals surface area (Å²) >= 11 is 0. The molecule has 0 radical (unpaired) electrons. The highest BCUT2D eigenvalue weighted by molar-refractivity contribution is 5.86. The quantitative estimate of drug-likeness (QED) is 0.697. The van der Waals surface area contributed by atoms with Gasteiger partial charge in [-0.1, -0.05) is 0 Å². The number of esters is 1. The lowest BCUT2D eigenvalue weighted by atomic mass is 10.2. The molecule has 0 aliphatic carbocycles. The molecule has 7 heteroatoms. The molecule has 122 valence electrons. The van der Waals surface area contributed by atoms with Crippen molar-refractivity contribution in [2.24, 2.45) is 0 Å². The minimum Gasteiger partial charge on any atom is -0.460 e. The van der Waals surface area contributed by atoms with Crippen LogP contribution in [-0.2, 0) is 11.3 Å². The van der Waals surface area contributed by atoms with E-state index in [2.05, 4.69) is 20.3 Å². The first-order chi connectivity index (χ1) is 11.8. The molecule has 0 spiro atoms. The van der Waals surface area contributed by atoms with Gasteiger partial charge in [0.2, 0.25) is 11.7 Å². The predicted octanol–water partition coefficient (Wildman–Crippen LogP) is 2.92. The van der Waals surface area contributed by atoms with E-state index in [0.29, 0.717) is 24.9 Å². The highest BCUT2D eigenvalue weighted by atomic mass is 16.5. The number of hydrogen-bond donors (Lipinski definition) is 1. The smallest absolute Gasteiger partial charge is 0.374 e. The van der Waals surface area contributed by atoms with E-state index < -0.39 is 5.97 Å². The van der Waals surface area contributed by atoms with Crippen LogP contribution in [0.5, 0.6) is 0 Å². The Bertz CT molecular complexity index is 817. The number of rotatable bonds is 6. The van der Waals surface area contributed by atoms with Crippen LogP contribution in [0.4, 0.5) is 5.95 Å². The van der Waals surface area contributed by atoms with Crippen molar-refractivity contribution in [3.63, 3.8) is 0 Å². The van der Waals surface area contributed by atoms with Gasteiger partial charge in [0.25, 0.3) is 0 Å². The fourth-order valence-corrected chi connectivity index (χ4v) is 2.07. The van der Waals surface area contributed by atoms with Gasteiger partial charge in [-0.25, -0.2) is 14.8 Å². The number of furan rings is 1. The molecular formula is C17H16N4O3. The van der Waals surface area contributed by atoms with E-state index in [1.54, 1.807) is 37.6 Å². The summed E-state index contributed by atoms with van der Waals surface area (Å²) in [6.07, 6.45) is 5.12. The highest BCUT2D eigenvalue weighted by Gasteiger charge is 2.12. The molecule has 24 heavy (non-hydrogen) atoms. The zero-order valence-corrected chi connectivity index (χ0v) is 13.1. The first-order valence-corrected chi connectivity index (χ1v) is 7.49. The Hall–Kier alpha value is -3.22. The topological polar surface area (TPSA) is 90.1 Å². The lowest BCUT2D eigenvalue weighted by Crippen LogP contribution is -2.04. The third-order valence-corrected chi connectivity index (χ3v) is 3.17. The second-order valence-electron chi connectivity index (χ2n) is 4.85. The van der Waals surface area contributed by atoms with Crippen LogP contribution in [0.1, 0.15) is 23.2 Å². The lowest BCUT2D eigenvalue weighted by molar-refractivity contribution is 0.0488. The molecule has 0 saturated heterocycles. The number of pyridine rings is 1. The van der Waals surface area contributed by atoms with Crippen molar-refractivity contribution in [3.05, 3.63) is 60.4 Å². The maximum absolute atomic E-state index is 11.6. The van der Waals surface area contributed by atoms with Crippen molar-refractivity contribution in [3.8, 4) is 11.3 Å². The summed E-state index contributed by atoms with van der Waals surface area (Å²) in [6.45, 7) is 2.41. The minimum atomic E-state index is -0.474. The van der Waals surface area contributed by atoms with Crippen LogP contribution in [0.25, 0.3) is 11.3 Å². The zero-order valence-electron chi connectivity index (χ0n) is 13.1. The molecule has 3 rings (SSSR count). The predicted molar refractivity (Wildman–Crippen MR) is 87.3 cm³/mol. The summed E-state index contributed by atoms with van der Waals surface area (Å²) in [5.74, 6) is 0.760. The normalized spacial score (nSPS) is 10.4. The maximum atomic E-state index is 11.6. The molecule has 0 bridgehead atoms. The Morgan fingerprint density at radius 3 is 2.96 bits per heavy atom. The zero-order chi connectivity index (χ0) is 16.8. The molecule has 0 aliphatic rings. The molecule has 0 unspecified atom stereocenters. The van der Waals surface area contributed by atoms with Crippen LogP contribution in [0, 0.1) is 0 Å². The van der Waals surface area contributed by atoms with Crippen LogP contribution in [0.2, 0.25) is 0 Å². The Morgan fingerprint density at radius 2 is 2.17 bits per heavy atom. The summed E-state index contributed by atoms with van der Waals surface area (Å²) in [7, 11) is 0. The van der Waals surface area contributed by atoms with E-state index in [1.807, 2.05) is 18.2 Å². The fraction of sp³-hybridized carbons (Fsp3) is 0.176. The number of hydrogen-bond acceptors (Lipinski definition) is 7. The van der Waals surface area contributed by atoms with Crippen molar-refractivity contribution in [1.29, 1.82) is 0 Å². The average Bonchev–Trinajstić information content (AvgIpc) is 3.10. The van der Waals surface area contributed by atoms with Crippen molar-refractivity contribution < 1.29 is 13.9 Å². The third-order valence-electron chi connectivity index (χ3n) is 3.17. The van der Waals surface area contributed by atoms with Crippen molar-refractivity contribution in [1.82, 2.24) is 15.0 Å². The van der Waals surface area contributed by atoms with Gasteiger partial charge in [0.15, 0.2) is 0 Å². The number of carbonyl (C=O) groups excluding carboxylic acids is 1. The van der Waals surface area contributed by atoms with Crippen LogP contribution >= 0.6 is 0 Å². The molecule has 0 aromatic carbocycles. The van der Waals surface area contributed by atoms with Gasteiger partial charge in [0.05, 0.1) is 18.8 Å². The Labute approximate surface area is 138 Å². The second-order valence-corrected chi connectivity index (χ2v) is 4.85. The van der Waals surface area contributed by atoms with Crippen molar-refractivity contribution in [2.75, 3.05) is 11.9 Å². The molecule has 3 aromatic rings. The molecule has 0 fully saturated rings. The minimum absolute atomic E-state index is 0.179. The van der Waals surface area contributed by atoms with Gasteiger partial charge < -0.3 is 14.5 Å². The van der Waals surface area contributed by atoms with Crippen LogP contribution in [0.15, 0.2) is 53.3 Å². The van der Waals surface area contributed by atoms with E-state index in [-0.39, 0.29) is 5.76 Å². The Balaban J connectivity index is 1.66. The average molecular weight is 324 g/mol. The summed E-state index contributed by atoms with van der Waals surface area (Å²) < 4.78 is 10.3. The molecule has 1 N–H and O–H groups in total. The van der Waals surface area contributed by atoms with Gasteiger partial charge in [-0.15, -0.1) is 0 Å². The van der Waals surface area contributed by atoms with Crippen LogP contribution in [-0.4, -0.2) is 27.5 Å². The van der Waals surface area contributed by atoms with Crippen LogP contribution in [0.3, 0.4) is 0 Å². The van der Waals surface area contributed by atoms with Gasteiger partial charge in [-0.05, 0) is 37.3 Å². The number of ether oxygens (including phenoxy) is 1. The molecule has 0 atom stereocenters. The number of carbonyl (C=O) groups is 1. The number of nitrogens with zero attached hydrogens (tertiary/aromatic N) is 3. The van der Waals surface area contributed by atoms with E-state index in [4.69, 9.17) is 9.15 Å².